The van der Waals surface area contributed by atoms with Gasteiger partial charge in [0.25, 0.3) is 6.43 Å². The number of thiophene rings is 1. The third-order valence-corrected chi connectivity index (χ3v) is 11.0. The average molecular weight is 645 g/mol. The number of methoxy groups -OCH3 is 1. The predicted octanol–water partition coefficient (Wildman–Crippen LogP) is 3.30. The van der Waals surface area contributed by atoms with Crippen LogP contribution in [0.3, 0.4) is 0 Å². The van der Waals surface area contributed by atoms with Crippen LogP contribution in [0, 0.1) is 11.3 Å². The molecule has 16 heteroatoms. The van der Waals surface area contributed by atoms with Crippen LogP contribution in [-0.2, 0) is 15.2 Å². The second-order valence-corrected chi connectivity index (χ2v) is 13.7. The lowest BCUT2D eigenvalue weighted by Gasteiger charge is -2.47. The maximum absolute atomic E-state index is 14.0. The van der Waals surface area contributed by atoms with Crippen LogP contribution in [0.2, 0.25) is 0 Å². The number of nitriles is 1. The Bertz CT molecular complexity index is 1550. The van der Waals surface area contributed by atoms with Gasteiger partial charge in [0, 0.05) is 60.2 Å². The lowest BCUT2D eigenvalue weighted by atomic mass is 9.88. The van der Waals surface area contributed by atoms with Gasteiger partial charge < -0.3 is 36.1 Å². The average Bonchev–Trinajstić information content (AvgIpc) is 3.67. The van der Waals surface area contributed by atoms with Crippen molar-refractivity contribution in [2.45, 2.75) is 54.8 Å². The maximum Gasteiger partial charge on any atom is 0.323 e. The molecule has 0 aromatic carbocycles. The molecular formula is C28H34F2N10O2S2. The van der Waals surface area contributed by atoms with Gasteiger partial charge in [-0.05, 0) is 25.8 Å². The minimum atomic E-state index is -2.67. The fraction of sp³-hybridized carbons (Fsp3) is 0.536. The number of thioether (sulfide) groups is 1. The number of nitrogens with zero attached hydrogens (tertiary/aromatic N) is 7. The monoisotopic (exact) mass is 644 g/mol. The maximum atomic E-state index is 14.0. The predicted molar refractivity (Wildman–Crippen MR) is 166 cm³/mol. The first-order chi connectivity index (χ1) is 21.2. The lowest BCUT2D eigenvalue weighted by molar-refractivity contribution is 0.151. The van der Waals surface area contributed by atoms with E-state index in [1.165, 1.54) is 16.2 Å². The van der Waals surface area contributed by atoms with Crippen LogP contribution < -0.4 is 31.3 Å². The van der Waals surface area contributed by atoms with Crippen molar-refractivity contribution in [2.75, 3.05) is 61.2 Å². The molecule has 12 nitrogen and oxygen atoms in total. The van der Waals surface area contributed by atoms with Crippen molar-refractivity contribution in [3.8, 4) is 12.1 Å². The molecule has 1 spiro atoms. The summed E-state index contributed by atoms with van der Waals surface area (Å²) in [7, 11) is 1.67. The van der Waals surface area contributed by atoms with Crippen LogP contribution in [0.5, 0.6) is 6.01 Å². The van der Waals surface area contributed by atoms with Crippen molar-refractivity contribution < 1.29 is 18.3 Å². The SMILES string of the molecule is COC[C@@H]1CC[C@@H](COc2nc(N3CC4(C3)SCc3sc(N)c(C#N)c34)nc(N(CC(F)F)[C@H](C)c3cccnc3N)n2)N1. The number of nitrogen functional groups attached to an aromatic ring is 2. The molecule has 0 aliphatic carbocycles. The van der Waals surface area contributed by atoms with Gasteiger partial charge in [0.1, 0.15) is 23.5 Å². The molecule has 3 aromatic heterocycles. The molecule has 44 heavy (non-hydrogen) atoms. The second-order valence-electron chi connectivity index (χ2n) is 11.2. The number of nitrogens with two attached hydrogens (primary N) is 2. The zero-order valence-electron chi connectivity index (χ0n) is 24.4. The molecule has 0 bridgehead atoms. The van der Waals surface area contributed by atoms with Gasteiger partial charge in [-0.2, -0.15) is 20.2 Å². The van der Waals surface area contributed by atoms with Gasteiger partial charge in [-0.15, -0.1) is 23.1 Å². The molecule has 3 aliphatic heterocycles. The summed E-state index contributed by atoms with van der Waals surface area (Å²) in [5.41, 5.74) is 14.4. The Morgan fingerprint density at radius 1 is 1.23 bits per heavy atom. The molecule has 0 amide bonds. The Morgan fingerprint density at radius 2 is 2.00 bits per heavy atom. The lowest BCUT2D eigenvalue weighted by Crippen LogP contribution is -2.57. The quantitative estimate of drug-likeness (QED) is 0.279. The van der Waals surface area contributed by atoms with Crippen molar-refractivity contribution in [3.05, 3.63) is 39.9 Å². The highest BCUT2D eigenvalue weighted by Gasteiger charge is 2.53. The zero-order valence-corrected chi connectivity index (χ0v) is 26.0. The molecule has 3 aromatic rings. The van der Waals surface area contributed by atoms with Crippen LogP contribution in [0.25, 0.3) is 0 Å². The summed E-state index contributed by atoms with van der Waals surface area (Å²) in [5.74, 6) is 1.39. The summed E-state index contributed by atoms with van der Waals surface area (Å²) in [6, 6.07) is 5.47. The highest BCUT2D eigenvalue weighted by atomic mass is 32.2. The Balaban J connectivity index is 1.30. The number of halogens is 2. The number of nitrogens with one attached hydrogen (secondary N) is 1. The number of alkyl halides is 2. The summed E-state index contributed by atoms with van der Waals surface area (Å²) in [4.78, 5) is 22.4. The molecule has 0 radical (unpaired) electrons. The molecule has 6 rings (SSSR count). The highest BCUT2D eigenvalue weighted by molar-refractivity contribution is 8.00. The van der Waals surface area contributed by atoms with Crippen LogP contribution in [0.4, 0.5) is 31.5 Å². The van der Waals surface area contributed by atoms with Crippen LogP contribution >= 0.6 is 23.1 Å². The third-order valence-electron chi connectivity index (χ3n) is 8.32. The molecule has 0 saturated carbocycles. The fourth-order valence-corrected chi connectivity index (χ4v) is 8.96. The topological polar surface area (TPSA) is 164 Å². The van der Waals surface area contributed by atoms with Crippen LogP contribution in [0.15, 0.2) is 18.3 Å². The molecule has 2 fully saturated rings. The number of ether oxygens (including phenoxy) is 2. The summed E-state index contributed by atoms with van der Waals surface area (Å²) >= 11 is 3.24. The molecule has 6 heterocycles. The van der Waals surface area contributed by atoms with Crippen molar-refractivity contribution in [3.63, 3.8) is 0 Å². The highest BCUT2D eigenvalue weighted by Crippen LogP contribution is 2.57. The van der Waals surface area contributed by atoms with E-state index >= 15 is 0 Å². The summed E-state index contributed by atoms with van der Waals surface area (Å²) in [6.07, 6.45) is 0.728. The summed E-state index contributed by atoms with van der Waals surface area (Å²) < 4.78 is 39.0. The van der Waals surface area contributed by atoms with Crippen molar-refractivity contribution in [1.82, 2.24) is 25.3 Å². The molecule has 234 valence electrons. The van der Waals surface area contributed by atoms with E-state index in [4.69, 9.17) is 20.9 Å². The van der Waals surface area contributed by atoms with E-state index < -0.39 is 19.0 Å². The van der Waals surface area contributed by atoms with Crippen molar-refractivity contribution in [1.29, 1.82) is 5.26 Å². The van der Waals surface area contributed by atoms with Crippen LogP contribution in [-0.4, -0.2) is 78.4 Å². The molecule has 2 saturated heterocycles. The summed E-state index contributed by atoms with van der Waals surface area (Å²) in [5, 5.41) is 13.8. The van der Waals surface area contributed by atoms with E-state index in [2.05, 4.69) is 31.3 Å². The van der Waals surface area contributed by atoms with Crippen molar-refractivity contribution in [2.24, 2.45) is 0 Å². The number of hydrogen-bond donors (Lipinski definition) is 3. The van der Waals surface area contributed by atoms with E-state index in [-0.39, 0.29) is 34.6 Å². The van der Waals surface area contributed by atoms with E-state index in [1.807, 2.05) is 4.90 Å². The number of fused-ring (bicyclic) bond motifs is 2. The molecule has 3 atom stereocenters. The first-order valence-corrected chi connectivity index (χ1v) is 16.1. The van der Waals surface area contributed by atoms with E-state index in [1.54, 1.807) is 44.1 Å². The third kappa shape index (κ3) is 5.81. The van der Waals surface area contributed by atoms with E-state index in [0.29, 0.717) is 48.4 Å². The molecule has 5 N–H and O–H groups in total. The standard InChI is InChI=1S/C28H34F2N10O2S2/c1-15(18-4-3-7-34-23(18)32)40(9-21(29)30)26-36-25(37-27(38-26)42-11-17-6-5-16(35-17)10-41-2)39-13-28(14-39)22-19(8-31)24(33)44-20(22)12-43-28/h3-4,7,15-17,21,35H,5-6,9-14,33H2,1-2H3,(H2,32,34)/t15-,16+,17+/m1/s1. The van der Waals surface area contributed by atoms with E-state index in [0.717, 1.165) is 29.0 Å². The zero-order chi connectivity index (χ0) is 31.0. The smallest absolute Gasteiger partial charge is 0.323 e. The van der Waals surface area contributed by atoms with Gasteiger partial charge in [-0.25, -0.2) is 13.8 Å². The largest absolute Gasteiger partial charge is 0.462 e. The van der Waals surface area contributed by atoms with Gasteiger partial charge in [0.05, 0.1) is 29.5 Å². The van der Waals surface area contributed by atoms with Crippen molar-refractivity contribution >= 4 is 45.8 Å². The van der Waals surface area contributed by atoms with Gasteiger partial charge in [-0.1, -0.05) is 6.07 Å². The Labute approximate surface area is 262 Å². The molecule has 3 aliphatic rings. The Morgan fingerprint density at radius 3 is 2.70 bits per heavy atom. The minimum Gasteiger partial charge on any atom is -0.462 e. The number of pyridine rings is 1. The number of rotatable bonds is 11. The molecular weight excluding hydrogens is 611 g/mol. The second kappa shape index (κ2) is 12.5. The van der Waals surface area contributed by atoms with E-state index in [9.17, 15) is 14.0 Å². The van der Waals surface area contributed by atoms with Crippen LogP contribution in [0.1, 0.15) is 47.4 Å². The molecule has 0 unspecified atom stereocenters. The first kappa shape index (κ1) is 30.5. The minimum absolute atomic E-state index is 0.0471. The number of hydrogen-bond acceptors (Lipinski definition) is 14. The normalized spacial score (nSPS) is 20.9. The van der Waals surface area contributed by atoms with Gasteiger partial charge in [0.2, 0.25) is 11.9 Å². The Hall–Kier alpha value is -3.52. The number of anilines is 4. The fourth-order valence-electron chi connectivity index (χ4n) is 6.15. The van der Waals surface area contributed by atoms with Gasteiger partial charge in [0.15, 0.2) is 0 Å². The van der Waals surface area contributed by atoms with Gasteiger partial charge in [-0.3, -0.25) is 0 Å². The van der Waals surface area contributed by atoms with Gasteiger partial charge >= 0.3 is 6.01 Å². The Kier molecular flexibility index (Phi) is 8.64. The number of aromatic nitrogens is 4. The first-order valence-electron chi connectivity index (χ1n) is 14.3. The summed E-state index contributed by atoms with van der Waals surface area (Å²) in [6.45, 7) is 3.09.